The molecule has 1 aromatic carbocycles. The van der Waals surface area contributed by atoms with Crippen LogP contribution in [0.5, 0.6) is 0 Å². The average molecular weight is 268 g/mol. The lowest BCUT2D eigenvalue weighted by Gasteiger charge is -2.10. The maximum Gasteiger partial charge on any atom is 0.525 e. The van der Waals surface area contributed by atoms with Crippen LogP contribution >= 0.6 is 7.82 Å². The van der Waals surface area contributed by atoms with Crippen molar-refractivity contribution in [1.82, 2.24) is 0 Å². The molecular weight excluding hydrogens is 259 g/mol. The van der Waals surface area contributed by atoms with E-state index >= 15 is 0 Å². The molecule has 0 saturated heterocycles. The zero-order chi connectivity index (χ0) is 13.6. The number of amides is 1. The number of hydrogen-bond donors (Lipinski definition) is 3. The van der Waals surface area contributed by atoms with Crippen molar-refractivity contribution in [2.75, 3.05) is 5.32 Å². The van der Waals surface area contributed by atoms with Gasteiger partial charge in [-0.3, -0.25) is 14.6 Å². The molecule has 0 saturated carbocycles. The van der Waals surface area contributed by atoms with Gasteiger partial charge in [0.05, 0.1) is 12.1 Å². The van der Waals surface area contributed by atoms with Crippen molar-refractivity contribution in [3.63, 3.8) is 0 Å². The summed E-state index contributed by atoms with van der Waals surface area (Å²) in [6.45, 7) is 0. The summed E-state index contributed by atoms with van der Waals surface area (Å²) in [5.74, 6) is -1.68. The molecule has 7 nitrogen and oxygen atoms in total. The van der Waals surface area contributed by atoms with Gasteiger partial charge in [0.2, 0.25) is 5.76 Å². The molecule has 1 rings (SSSR count). The summed E-state index contributed by atoms with van der Waals surface area (Å²) in [4.78, 5) is 28.8. The molecule has 0 fully saturated rings. The summed E-state index contributed by atoms with van der Waals surface area (Å²) in [5, 5.41) is 10.7. The number of benzene rings is 1. The fraction of sp³-hybridized carbons (Fsp3) is 0. The maximum absolute atomic E-state index is 11.6. The number of phosphoric ester groups is 1. The van der Waals surface area contributed by atoms with Gasteiger partial charge in [-0.2, -0.15) is 5.26 Å². The minimum Gasteiger partial charge on any atom is -0.398 e. The van der Waals surface area contributed by atoms with E-state index in [4.69, 9.17) is 15.0 Å². The van der Waals surface area contributed by atoms with Crippen LogP contribution in [0.3, 0.4) is 0 Å². The molecule has 0 atom stereocenters. The van der Waals surface area contributed by atoms with Crippen molar-refractivity contribution in [2.24, 2.45) is 0 Å². The highest BCUT2D eigenvalue weighted by Crippen LogP contribution is 2.39. The first-order valence-electron chi connectivity index (χ1n) is 4.64. The minimum atomic E-state index is -4.89. The molecule has 3 N–H and O–H groups in total. The third kappa shape index (κ3) is 4.80. The zero-order valence-corrected chi connectivity index (χ0v) is 9.87. The van der Waals surface area contributed by atoms with Gasteiger partial charge in [-0.15, -0.1) is 0 Å². The van der Waals surface area contributed by atoms with Gasteiger partial charge in [0, 0.05) is 5.69 Å². The summed E-state index contributed by atoms with van der Waals surface area (Å²) in [7, 11) is -4.89. The summed E-state index contributed by atoms with van der Waals surface area (Å²) >= 11 is 0. The Morgan fingerprint density at radius 1 is 1.39 bits per heavy atom. The van der Waals surface area contributed by atoms with Crippen molar-refractivity contribution in [3.8, 4) is 6.07 Å². The summed E-state index contributed by atoms with van der Waals surface area (Å²) in [6.07, 6.45) is 0.608. The number of nitrogens with zero attached hydrogens (tertiary/aromatic N) is 1. The number of allylic oxidation sites excluding steroid dienone is 1. The van der Waals surface area contributed by atoms with Gasteiger partial charge >= 0.3 is 7.82 Å². The van der Waals surface area contributed by atoms with Crippen LogP contribution in [-0.2, 0) is 13.9 Å². The third-order valence-electron chi connectivity index (χ3n) is 1.67. The number of nitriles is 1. The molecule has 1 amide bonds. The highest BCUT2D eigenvalue weighted by atomic mass is 31.2. The van der Waals surface area contributed by atoms with Crippen LogP contribution in [0.4, 0.5) is 5.69 Å². The summed E-state index contributed by atoms with van der Waals surface area (Å²) < 4.78 is 14.7. The second-order valence-corrected chi connectivity index (χ2v) is 4.20. The lowest BCUT2D eigenvalue weighted by Crippen LogP contribution is -2.15. The number of rotatable bonds is 4. The molecule has 0 aliphatic carbocycles. The number of phosphoric acid groups is 1. The number of hydrogen-bond acceptors (Lipinski definition) is 4. The van der Waals surface area contributed by atoms with Crippen molar-refractivity contribution in [2.45, 2.75) is 0 Å². The van der Waals surface area contributed by atoms with Crippen LogP contribution in [0, 0.1) is 11.3 Å². The van der Waals surface area contributed by atoms with Crippen LogP contribution in [0.15, 0.2) is 42.2 Å². The Morgan fingerprint density at radius 3 is 2.50 bits per heavy atom. The first-order valence-corrected chi connectivity index (χ1v) is 6.17. The van der Waals surface area contributed by atoms with E-state index in [0.29, 0.717) is 11.8 Å². The van der Waals surface area contributed by atoms with E-state index in [-0.39, 0.29) is 0 Å². The largest absolute Gasteiger partial charge is 0.525 e. The molecule has 0 spiro atoms. The van der Waals surface area contributed by atoms with E-state index in [1.54, 1.807) is 30.3 Å². The van der Waals surface area contributed by atoms with E-state index in [1.807, 2.05) is 0 Å². The predicted molar refractivity (Wildman–Crippen MR) is 61.9 cm³/mol. The molecule has 0 unspecified atom stereocenters. The molecule has 94 valence electrons. The van der Waals surface area contributed by atoms with Crippen molar-refractivity contribution >= 4 is 19.4 Å². The van der Waals surface area contributed by atoms with E-state index < -0.39 is 19.5 Å². The fourth-order valence-corrected chi connectivity index (χ4v) is 1.43. The Balaban J connectivity index is 2.83. The van der Waals surface area contributed by atoms with Gasteiger partial charge in [-0.05, 0) is 12.1 Å². The van der Waals surface area contributed by atoms with Gasteiger partial charge in [0.15, 0.2) is 0 Å². The summed E-state index contributed by atoms with van der Waals surface area (Å²) in [5.41, 5.74) is 0.403. The Labute approximate surface area is 103 Å². The Morgan fingerprint density at radius 2 is 2.00 bits per heavy atom. The lowest BCUT2D eigenvalue weighted by molar-refractivity contribution is -0.115. The van der Waals surface area contributed by atoms with Crippen molar-refractivity contribution in [1.29, 1.82) is 5.26 Å². The summed E-state index contributed by atoms with van der Waals surface area (Å²) in [6, 6.07) is 9.65. The number of nitrogens with one attached hydrogen (secondary N) is 1. The van der Waals surface area contributed by atoms with Crippen LogP contribution in [-0.4, -0.2) is 15.7 Å². The Bertz CT molecular complexity index is 543. The smallest absolute Gasteiger partial charge is 0.398 e. The Hall–Kier alpha value is -2.13. The molecule has 18 heavy (non-hydrogen) atoms. The van der Waals surface area contributed by atoms with Gasteiger partial charge in [-0.25, -0.2) is 4.57 Å². The van der Waals surface area contributed by atoms with Crippen molar-refractivity contribution < 1.29 is 23.7 Å². The first kappa shape index (κ1) is 13.9. The number of para-hydroxylation sites is 1. The molecule has 0 aromatic heterocycles. The van der Waals surface area contributed by atoms with Gasteiger partial charge in [0.25, 0.3) is 5.91 Å². The monoisotopic (exact) mass is 268 g/mol. The van der Waals surface area contributed by atoms with E-state index in [1.165, 1.54) is 6.07 Å². The van der Waals surface area contributed by atoms with E-state index in [2.05, 4.69) is 9.84 Å². The normalized spacial score (nSPS) is 11.5. The van der Waals surface area contributed by atoms with Crippen LogP contribution < -0.4 is 5.32 Å². The first-order chi connectivity index (χ1) is 8.42. The molecular formula is C10H9N2O5P. The topological polar surface area (TPSA) is 120 Å². The van der Waals surface area contributed by atoms with Crippen molar-refractivity contribution in [3.05, 3.63) is 42.2 Å². The maximum atomic E-state index is 11.6. The number of carbonyl (C=O) groups is 1. The zero-order valence-electron chi connectivity index (χ0n) is 8.98. The molecule has 8 heteroatoms. The standard InChI is InChI=1S/C10H9N2O5P/c11-7-6-9(17-18(14,15)16)10(13)12-8-4-2-1-3-5-8/h1-6H,(H,12,13)(H2,14,15,16). The average Bonchev–Trinajstić information content (AvgIpc) is 2.28. The minimum absolute atomic E-state index is 0.403. The second-order valence-electron chi connectivity index (χ2n) is 3.04. The van der Waals surface area contributed by atoms with Crippen LogP contribution in [0.25, 0.3) is 0 Å². The third-order valence-corrected chi connectivity index (χ3v) is 2.10. The molecule has 0 radical (unpaired) electrons. The lowest BCUT2D eigenvalue weighted by atomic mass is 10.3. The fourth-order valence-electron chi connectivity index (χ4n) is 1.03. The quantitative estimate of drug-likeness (QED) is 0.326. The van der Waals surface area contributed by atoms with Gasteiger partial charge in [-0.1, -0.05) is 18.2 Å². The highest BCUT2D eigenvalue weighted by molar-refractivity contribution is 7.46. The van der Waals surface area contributed by atoms with E-state index in [9.17, 15) is 9.36 Å². The SMILES string of the molecule is N#CC=C(OP(=O)(O)O)C(=O)Nc1ccccc1. The molecule has 0 aliphatic heterocycles. The molecule has 0 bridgehead atoms. The van der Waals surface area contributed by atoms with Crippen LogP contribution in [0.1, 0.15) is 0 Å². The van der Waals surface area contributed by atoms with Gasteiger partial charge < -0.3 is 9.84 Å². The Kier molecular flexibility index (Phi) is 4.63. The highest BCUT2D eigenvalue weighted by Gasteiger charge is 2.22. The molecule has 1 aromatic rings. The van der Waals surface area contributed by atoms with Gasteiger partial charge in [0.1, 0.15) is 0 Å². The number of anilines is 1. The second kappa shape index (κ2) is 5.98. The predicted octanol–water partition coefficient (Wildman–Crippen LogP) is 1.14. The molecule has 0 aliphatic rings. The van der Waals surface area contributed by atoms with E-state index in [0.717, 1.165) is 0 Å². The number of carbonyl (C=O) groups excluding carboxylic acids is 1. The molecule has 0 heterocycles. The van der Waals surface area contributed by atoms with Crippen LogP contribution in [0.2, 0.25) is 0 Å².